The molecule has 0 aromatic heterocycles. The Morgan fingerprint density at radius 3 is 2.95 bits per heavy atom. The zero-order valence-electron chi connectivity index (χ0n) is 12.4. The van der Waals surface area contributed by atoms with E-state index in [1.807, 2.05) is 19.1 Å². The average molecular weight is 301 g/mol. The molecule has 4 nitrogen and oxygen atoms in total. The number of carbonyl (C=O) groups excluding carboxylic acids is 1. The topological polar surface area (TPSA) is 47.6 Å². The first-order valence-corrected chi connectivity index (χ1v) is 7.02. The van der Waals surface area contributed by atoms with E-state index in [2.05, 4.69) is 5.32 Å². The number of anilines is 1. The Kier molecular flexibility index (Phi) is 3.71. The fraction of sp³-hybridized carbons (Fsp3) is 0.235. The SMILES string of the molecule is COc1c(F)cccc1C(=O)Nc1ccc2c(c1)CC(C)O2. The van der Waals surface area contributed by atoms with Gasteiger partial charge in [0.2, 0.25) is 0 Å². The molecule has 22 heavy (non-hydrogen) atoms. The summed E-state index contributed by atoms with van der Waals surface area (Å²) in [6, 6.07) is 9.73. The standard InChI is InChI=1S/C17H16FNO3/c1-10-8-11-9-12(6-7-15(11)22-10)19-17(20)13-4-3-5-14(18)16(13)21-2/h3-7,9-10H,8H2,1-2H3,(H,19,20). The van der Waals surface area contributed by atoms with Crippen LogP contribution in [-0.2, 0) is 6.42 Å². The van der Waals surface area contributed by atoms with Crippen LogP contribution in [0.1, 0.15) is 22.8 Å². The van der Waals surface area contributed by atoms with E-state index in [0.29, 0.717) is 5.69 Å². The van der Waals surface area contributed by atoms with Crippen LogP contribution in [0.4, 0.5) is 10.1 Å². The van der Waals surface area contributed by atoms with Gasteiger partial charge in [-0.1, -0.05) is 6.07 Å². The summed E-state index contributed by atoms with van der Waals surface area (Å²) >= 11 is 0. The lowest BCUT2D eigenvalue weighted by Gasteiger charge is -2.10. The number of methoxy groups -OCH3 is 1. The molecule has 5 heteroatoms. The van der Waals surface area contributed by atoms with Gasteiger partial charge in [-0.05, 0) is 42.8 Å². The second-order valence-corrected chi connectivity index (χ2v) is 5.23. The summed E-state index contributed by atoms with van der Waals surface area (Å²) in [5.74, 6) is -0.193. The molecule has 1 heterocycles. The predicted molar refractivity (Wildman–Crippen MR) is 81.1 cm³/mol. The van der Waals surface area contributed by atoms with Crippen LogP contribution in [0.3, 0.4) is 0 Å². The van der Waals surface area contributed by atoms with Gasteiger partial charge in [0.1, 0.15) is 11.9 Å². The first-order valence-electron chi connectivity index (χ1n) is 7.02. The van der Waals surface area contributed by atoms with Crippen molar-refractivity contribution in [1.29, 1.82) is 0 Å². The van der Waals surface area contributed by atoms with Crippen molar-refractivity contribution in [2.45, 2.75) is 19.4 Å². The van der Waals surface area contributed by atoms with Gasteiger partial charge in [-0.25, -0.2) is 4.39 Å². The van der Waals surface area contributed by atoms with E-state index in [4.69, 9.17) is 9.47 Å². The van der Waals surface area contributed by atoms with Crippen LogP contribution < -0.4 is 14.8 Å². The highest BCUT2D eigenvalue weighted by atomic mass is 19.1. The zero-order valence-corrected chi connectivity index (χ0v) is 12.4. The molecule has 1 N–H and O–H groups in total. The number of hydrogen-bond acceptors (Lipinski definition) is 3. The number of benzene rings is 2. The minimum atomic E-state index is -0.564. The minimum Gasteiger partial charge on any atom is -0.493 e. The van der Waals surface area contributed by atoms with E-state index in [1.54, 1.807) is 6.07 Å². The number of carbonyl (C=O) groups is 1. The highest BCUT2D eigenvalue weighted by molar-refractivity contribution is 6.06. The van der Waals surface area contributed by atoms with Crippen LogP contribution in [0, 0.1) is 5.82 Å². The Balaban J connectivity index is 1.84. The van der Waals surface area contributed by atoms with Gasteiger partial charge in [0, 0.05) is 12.1 Å². The van der Waals surface area contributed by atoms with Gasteiger partial charge >= 0.3 is 0 Å². The van der Waals surface area contributed by atoms with Gasteiger partial charge in [-0.2, -0.15) is 0 Å². The molecular formula is C17H16FNO3. The number of amides is 1. The number of halogens is 1. The third kappa shape index (κ3) is 2.62. The maximum atomic E-state index is 13.7. The summed E-state index contributed by atoms with van der Waals surface area (Å²) in [6.45, 7) is 2.00. The molecule has 0 fully saturated rings. The molecule has 0 bridgehead atoms. The monoisotopic (exact) mass is 301 g/mol. The summed E-state index contributed by atoms with van der Waals surface area (Å²) in [4.78, 5) is 12.3. The first-order chi connectivity index (χ1) is 10.6. The van der Waals surface area contributed by atoms with Gasteiger partial charge in [-0.15, -0.1) is 0 Å². The highest BCUT2D eigenvalue weighted by Crippen LogP contribution is 2.31. The van der Waals surface area contributed by atoms with Crippen molar-refractivity contribution in [2.75, 3.05) is 12.4 Å². The number of rotatable bonds is 3. The quantitative estimate of drug-likeness (QED) is 0.945. The molecule has 2 aromatic carbocycles. The van der Waals surface area contributed by atoms with E-state index >= 15 is 0 Å². The predicted octanol–water partition coefficient (Wildman–Crippen LogP) is 3.41. The molecule has 114 valence electrons. The van der Waals surface area contributed by atoms with Gasteiger partial charge < -0.3 is 14.8 Å². The maximum absolute atomic E-state index is 13.7. The van der Waals surface area contributed by atoms with Crippen LogP contribution in [-0.4, -0.2) is 19.1 Å². The Hall–Kier alpha value is -2.56. The van der Waals surface area contributed by atoms with E-state index in [9.17, 15) is 9.18 Å². The van der Waals surface area contributed by atoms with Crippen molar-refractivity contribution in [3.05, 3.63) is 53.3 Å². The Bertz CT molecular complexity index is 730. The van der Waals surface area contributed by atoms with Crippen LogP contribution in [0.5, 0.6) is 11.5 Å². The van der Waals surface area contributed by atoms with E-state index in [0.717, 1.165) is 17.7 Å². The summed E-state index contributed by atoms with van der Waals surface area (Å²) in [7, 11) is 1.34. The number of fused-ring (bicyclic) bond motifs is 1. The fourth-order valence-electron chi connectivity index (χ4n) is 2.59. The van der Waals surface area contributed by atoms with E-state index in [1.165, 1.54) is 25.3 Å². The molecule has 0 spiro atoms. The molecule has 2 aromatic rings. The number of nitrogens with one attached hydrogen (secondary N) is 1. The molecule has 1 unspecified atom stereocenters. The van der Waals surface area contributed by atoms with Crippen molar-refractivity contribution in [3.63, 3.8) is 0 Å². The second-order valence-electron chi connectivity index (χ2n) is 5.23. The van der Waals surface area contributed by atoms with Crippen molar-refractivity contribution < 1.29 is 18.7 Å². The molecule has 1 atom stereocenters. The van der Waals surface area contributed by atoms with Gasteiger partial charge in [0.25, 0.3) is 5.91 Å². The lowest BCUT2D eigenvalue weighted by Crippen LogP contribution is -2.14. The smallest absolute Gasteiger partial charge is 0.259 e. The fourth-order valence-corrected chi connectivity index (χ4v) is 2.59. The molecule has 1 aliphatic heterocycles. The van der Waals surface area contributed by atoms with Crippen molar-refractivity contribution in [3.8, 4) is 11.5 Å². The molecule has 0 aliphatic carbocycles. The number of ether oxygens (including phenoxy) is 2. The largest absolute Gasteiger partial charge is 0.493 e. The first kappa shape index (κ1) is 14.4. The summed E-state index contributed by atoms with van der Waals surface area (Å²) in [5.41, 5.74) is 1.86. The minimum absolute atomic E-state index is 0.0573. The Morgan fingerprint density at radius 2 is 2.18 bits per heavy atom. The number of hydrogen-bond donors (Lipinski definition) is 1. The zero-order chi connectivity index (χ0) is 15.7. The summed E-state index contributed by atoms with van der Waals surface area (Å²) in [5, 5.41) is 2.76. The Morgan fingerprint density at radius 1 is 1.36 bits per heavy atom. The average Bonchev–Trinajstić information content (AvgIpc) is 2.86. The molecule has 3 rings (SSSR count). The molecular weight excluding hydrogens is 285 g/mol. The van der Waals surface area contributed by atoms with Crippen LogP contribution in [0.2, 0.25) is 0 Å². The third-order valence-electron chi connectivity index (χ3n) is 3.57. The van der Waals surface area contributed by atoms with E-state index in [-0.39, 0.29) is 17.4 Å². The highest BCUT2D eigenvalue weighted by Gasteiger charge is 2.20. The van der Waals surface area contributed by atoms with Crippen LogP contribution in [0.15, 0.2) is 36.4 Å². The van der Waals surface area contributed by atoms with Gasteiger partial charge in [0.15, 0.2) is 11.6 Å². The molecule has 0 radical (unpaired) electrons. The maximum Gasteiger partial charge on any atom is 0.259 e. The lowest BCUT2D eigenvalue weighted by molar-refractivity contribution is 0.102. The van der Waals surface area contributed by atoms with E-state index < -0.39 is 11.7 Å². The second kappa shape index (κ2) is 5.67. The third-order valence-corrected chi connectivity index (χ3v) is 3.57. The molecule has 0 saturated carbocycles. The molecule has 1 amide bonds. The van der Waals surface area contributed by atoms with Gasteiger partial charge in [-0.3, -0.25) is 4.79 Å². The van der Waals surface area contributed by atoms with Crippen LogP contribution >= 0.6 is 0 Å². The number of para-hydroxylation sites is 1. The van der Waals surface area contributed by atoms with Gasteiger partial charge in [0.05, 0.1) is 12.7 Å². The summed E-state index contributed by atoms with van der Waals surface area (Å²) in [6.07, 6.45) is 0.951. The normalized spacial score (nSPS) is 15.9. The summed E-state index contributed by atoms with van der Waals surface area (Å²) < 4.78 is 24.2. The van der Waals surface area contributed by atoms with Crippen molar-refractivity contribution >= 4 is 11.6 Å². The molecule has 1 aliphatic rings. The van der Waals surface area contributed by atoms with Crippen molar-refractivity contribution in [2.24, 2.45) is 0 Å². The molecule has 0 saturated heterocycles. The van der Waals surface area contributed by atoms with Crippen molar-refractivity contribution in [1.82, 2.24) is 0 Å². The Labute approximate surface area is 127 Å². The lowest BCUT2D eigenvalue weighted by atomic mass is 10.1. The van der Waals surface area contributed by atoms with Crippen LogP contribution in [0.25, 0.3) is 0 Å².